The molecule has 0 bridgehead atoms. The first kappa shape index (κ1) is 10.3. The molecule has 1 unspecified atom stereocenters. The summed E-state index contributed by atoms with van der Waals surface area (Å²) in [6.45, 7) is 0. The molecule has 5 nitrogen and oxygen atoms in total. The monoisotopic (exact) mass is 250 g/mol. The van der Waals surface area contributed by atoms with E-state index in [1.165, 1.54) is 0 Å². The van der Waals surface area contributed by atoms with Crippen molar-refractivity contribution in [3.05, 3.63) is 48.8 Å². The number of fused-ring (bicyclic) bond motifs is 2. The number of carbonyl (C=O) groups is 1. The van der Waals surface area contributed by atoms with Gasteiger partial charge in [-0.2, -0.15) is 4.99 Å². The molecule has 0 fully saturated rings. The molecule has 0 spiro atoms. The number of benzene rings is 1. The third-order valence-electron chi connectivity index (χ3n) is 3.32. The van der Waals surface area contributed by atoms with Gasteiger partial charge in [0.1, 0.15) is 6.33 Å². The maximum atomic E-state index is 11.2. The van der Waals surface area contributed by atoms with E-state index in [0.717, 1.165) is 22.4 Å². The van der Waals surface area contributed by atoms with Crippen LogP contribution in [-0.2, 0) is 0 Å². The Hall–Kier alpha value is -2.69. The van der Waals surface area contributed by atoms with Gasteiger partial charge in [-0.3, -0.25) is 4.57 Å². The second-order valence-electron chi connectivity index (χ2n) is 4.49. The Morgan fingerprint density at radius 1 is 1.21 bits per heavy atom. The van der Waals surface area contributed by atoms with Crippen molar-refractivity contribution in [2.75, 3.05) is 0 Å². The largest absolute Gasteiger partial charge is 0.342 e. The molecule has 92 valence electrons. The summed E-state index contributed by atoms with van der Waals surface area (Å²) in [6, 6.07) is 7.54. The molecule has 2 aliphatic rings. The number of aromatic nitrogens is 2. The van der Waals surface area contributed by atoms with Crippen molar-refractivity contribution >= 4 is 28.5 Å². The summed E-state index contributed by atoms with van der Waals surface area (Å²) in [4.78, 5) is 19.5. The molecule has 2 aromatic rings. The van der Waals surface area contributed by atoms with E-state index in [1.54, 1.807) is 6.33 Å². The van der Waals surface area contributed by atoms with Gasteiger partial charge in [0.25, 0.3) is 0 Å². The number of imidazole rings is 1. The van der Waals surface area contributed by atoms with Gasteiger partial charge in [0.15, 0.2) is 0 Å². The number of allylic oxidation sites excluding steroid dienone is 2. The molecule has 0 saturated carbocycles. The third-order valence-corrected chi connectivity index (χ3v) is 3.32. The van der Waals surface area contributed by atoms with Gasteiger partial charge in [0.2, 0.25) is 0 Å². The number of aliphatic imine (C=N–C) groups is 1. The van der Waals surface area contributed by atoms with Crippen LogP contribution in [0.15, 0.2) is 53.8 Å². The molecule has 1 atom stereocenters. The van der Waals surface area contributed by atoms with Crippen LogP contribution in [0.25, 0.3) is 16.7 Å². The Morgan fingerprint density at radius 3 is 3.05 bits per heavy atom. The number of para-hydroxylation sites is 2. The van der Waals surface area contributed by atoms with E-state index in [1.807, 2.05) is 47.1 Å². The van der Waals surface area contributed by atoms with Gasteiger partial charge in [0.05, 0.1) is 22.8 Å². The second-order valence-corrected chi connectivity index (χ2v) is 4.49. The van der Waals surface area contributed by atoms with Crippen molar-refractivity contribution in [2.24, 2.45) is 4.99 Å². The average molecular weight is 250 g/mol. The van der Waals surface area contributed by atoms with Crippen LogP contribution in [0.5, 0.6) is 0 Å². The lowest BCUT2D eigenvalue weighted by Crippen LogP contribution is -2.30. The number of urea groups is 1. The van der Waals surface area contributed by atoms with E-state index < -0.39 is 0 Å². The van der Waals surface area contributed by atoms with Crippen molar-refractivity contribution in [3.63, 3.8) is 0 Å². The molecule has 0 saturated heterocycles. The van der Waals surface area contributed by atoms with E-state index in [4.69, 9.17) is 0 Å². The fraction of sp³-hybridized carbons (Fsp3) is 0.0714. The van der Waals surface area contributed by atoms with E-state index in [9.17, 15) is 4.79 Å². The molecule has 1 aromatic carbocycles. The highest BCUT2D eigenvalue weighted by molar-refractivity contribution is 6.14. The number of nitrogens with zero attached hydrogens (tertiary/aromatic N) is 3. The highest BCUT2D eigenvalue weighted by Gasteiger charge is 2.25. The summed E-state index contributed by atoms with van der Waals surface area (Å²) < 4.78 is 2.01. The Balaban J connectivity index is 1.82. The summed E-state index contributed by atoms with van der Waals surface area (Å²) >= 11 is 0. The zero-order valence-corrected chi connectivity index (χ0v) is 9.95. The average Bonchev–Trinajstić information content (AvgIpc) is 2.99. The van der Waals surface area contributed by atoms with Crippen molar-refractivity contribution in [1.29, 1.82) is 0 Å². The Kier molecular flexibility index (Phi) is 1.97. The van der Waals surface area contributed by atoms with E-state index in [0.29, 0.717) is 0 Å². The Morgan fingerprint density at radius 2 is 2.11 bits per heavy atom. The predicted octanol–water partition coefficient (Wildman–Crippen LogP) is 1.98. The molecule has 4 rings (SSSR count). The smallest absolute Gasteiger partial charge is 0.324 e. The molecule has 1 aromatic heterocycles. The SMILES string of the molecule is O=C1N=C2C=CC(n3cnc4ccccc43)=CC2N1. The molecule has 0 radical (unpaired) electrons. The summed E-state index contributed by atoms with van der Waals surface area (Å²) in [6.07, 6.45) is 7.59. The van der Waals surface area contributed by atoms with Crippen LogP contribution >= 0.6 is 0 Å². The summed E-state index contributed by atoms with van der Waals surface area (Å²) in [5.41, 5.74) is 3.74. The Bertz CT molecular complexity index is 782. The van der Waals surface area contributed by atoms with Gasteiger partial charge in [0, 0.05) is 5.70 Å². The first-order valence-corrected chi connectivity index (χ1v) is 6.03. The lowest BCUT2D eigenvalue weighted by molar-refractivity contribution is 0.251. The van der Waals surface area contributed by atoms with Crippen LogP contribution in [0, 0.1) is 0 Å². The maximum absolute atomic E-state index is 11.2. The Labute approximate surface area is 109 Å². The standard InChI is InChI=1S/C14H10N4O/c19-14-16-10-6-5-9(7-12(10)17-14)18-8-15-11-3-1-2-4-13(11)18/h1-8,12H,(H,17,19). The van der Waals surface area contributed by atoms with Crippen LogP contribution in [0.1, 0.15) is 0 Å². The lowest BCUT2D eigenvalue weighted by Gasteiger charge is -2.14. The summed E-state index contributed by atoms with van der Waals surface area (Å²) in [7, 11) is 0. The van der Waals surface area contributed by atoms with Crippen molar-refractivity contribution in [3.8, 4) is 0 Å². The first-order chi connectivity index (χ1) is 9.31. The molecule has 1 aliphatic carbocycles. The molecule has 1 aliphatic heterocycles. The molecular weight excluding hydrogens is 240 g/mol. The minimum absolute atomic E-state index is 0.131. The second kappa shape index (κ2) is 3.65. The number of rotatable bonds is 1. The van der Waals surface area contributed by atoms with Crippen LogP contribution in [-0.4, -0.2) is 27.3 Å². The first-order valence-electron chi connectivity index (χ1n) is 6.03. The molecular formula is C14H10N4O. The highest BCUT2D eigenvalue weighted by Crippen LogP contribution is 2.22. The van der Waals surface area contributed by atoms with Gasteiger partial charge in [-0.25, -0.2) is 9.78 Å². The van der Waals surface area contributed by atoms with Crippen molar-refractivity contribution in [1.82, 2.24) is 14.9 Å². The predicted molar refractivity (Wildman–Crippen MR) is 72.9 cm³/mol. The van der Waals surface area contributed by atoms with Crippen LogP contribution in [0.3, 0.4) is 0 Å². The topological polar surface area (TPSA) is 59.3 Å². The molecule has 19 heavy (non-hydrogen) atoms. The van der Waals surface area contributed by atoms with Gasteiger partial charge in [-0.15, -0.1) is 0 Å². The molecule has 1 N–H and O–H groups in total. The van der Waals surface area contributed by atoms with Crippen molar-refractivity contribution in [2.45, 2.75) is 6.04 Å². The number of hydrogen-bond donors (Lipinski definition) is 1. The van der Waals surface area contributed by atoms with Crippen molar-refractivity contribution < 1.29 is 4.79 Å². The molecule has 2 amide bonds. The van der Waals surface area contributed by atoms with E-state index in [2.05, 4.69) is 15.3 Å². The zero-order valence-electron chi connectivity index (χ0n) is 9.95. The fourth-order valence-corrected chi connectivity index (χ4v) is 2.42. The minimum atomic E-state index is -0.280. The van der Waals surface area contributed by atoms with Crippen LogP contribution < -0.4 is 5.32 Å². The molecule has 5 heteroatoms. The fourth-order valence-electron chi connectivity index (χ4n) is 2.42. The quantitative estimate of drug-likeness (QED) is 0.841. The third kappa shape index (κ3) is 1.52. The summed E-state index contributed by atoms with van der Waals surface area (Å²) in [5, 5.41) is 2.79. The normalized spacial score (nSPS) is 21.1. The lowest BCUT2D eigenvalue weighted by atomic mass is 10.1. The zero-order chi connectivity index (χ0) is 12.8. The van der Waals surface area contributed by atoms with E-state index >= 15 is 0 Å². The summed E-state index contributed by atoms with van der Waals surface area (Å²) in [5.74, 6) is 0. The molecule has 2 heterocycles. The van der Waals surface area contributed by atoms with Gasteiger partial charge in [-0.1, -0.05) is 12.1 Å². The van der Waals surface area contributed by atoms with Gasteiger partial charge >= 0.3 is 6.03 Å². The minimum Gasteiger partial charge on any atom is -0.324 e. The number of nitrogens with one attached hydrogen (secondary N) is 1. The van der Waals surface area contributed by atoms with Gasteiger partial charge < -0.3 is 5.32 Å². The number of hydrogen-bond acceptors (Lipinski definition) is 2. The number of carbonyl (C=O) groups excluding carboxylic acids is 1. The highest BCUT2D eigenvalue weighted by atomic mass is 16.2. The number of amides is 2. The van der Waals surface area contributed by atoms with Crippen LogP contribution in [0.4, 0.5) is 4.79 Å². The van der Waals surface area contributed by atoms with Crippen LogP contribution in [0.2, 0.25) is 0 Å². The van der Waals surface area contributed by atoms with E-state index in [-0.39, 0.29) is 12.1 Å². The maximum Gasteiger partial charge on any atom is 0.342 e. The van der Waals surface area contributed by atoms with Gasteiger partial charge in [-0.05, 0) is 30.4 Å².